The number of rotatable bonds is 8. The number of carbonyl (C=O) groups excluding carboxylic acids is 2. The maximum Gasteiger partial charge on any atom is 0.256 e. The van der Waals surface area contributed by atoms with Gasteiger partial charge in [-0.2, -0.15) is 0 Å². The van der Waals surface area contributed by atoms with Crippen LogP contribution in [0.3, 0.4) is 0 Å². The fourth-order valence-electron chi connectivity index (χ4n) is 5.00. The quantitative estimate of drug-likeness (QED) is 0.313. The average Bonchev–Trinajstić information content (AvgIpc) is 3.55. The Morgan fingerprint density at radius 3 is 2.76 bits per heavy atom. The lowest BCUT2D eigenvalue weighted by molar-refractivity contribution is -0.110. The van der Waals surface area contributed by atoms with E-state index >= 15 is 0 Å². The molecule has 190 valence electrons. The van der Waals surface area contributed by atoms with Crippen molar-refractivity contribution in [2.75, 3.05) is 31.5 Å². The highest BCUT2D eigenvalue weighted by molar-refractivity contribution is 6.35. The first-order chi connectivity index (χ1) is 17.9. The molecule has 37 heavy (non-hydrogen) atoms. The molecule has 1 aliphatic rings. The van der Waals surface area contributed by atoms with Crippen LogP contribution in [0.2, 0.25) is 0 Å². The second-order valence-corrected chi connectivity index (χ2v) is 9.29. The molecule has 0 fully saturated rings. The molecule has 4 heterocycles. The minimum Gasteiger partial charge on any atom is -0.358 e. The highest BCUT2D eigenvalue weighted by Crippen LogP contribution is 2.37. The summed E-state index contributed by atoms with van der Waals surface area (Å²) in [6.45, 7) is 11.3. The minimum atomic E-state index is -0.165. The summed E-state index contributed by atoms with van der Waals surface area (Å²) in [5.41, 5.74) is 7.92. The molecule has 0 spiro atoms. The van der Waals surface area contributed by atoms with Crippen LogP contribution < -0.4 is 10.6 Å². The molecule has 3 aromatic heterocycles. The van der Waals surface area contributed by atoms with Gasteiger partial charge in [0.05, 0.1) is 23.0 Å². The molecule has 3 N–H and O–H groups in total. The number of carbonyl (C=O) groups is 2. The van der Waals surface area contributed by atoms with Crippen molar-refractivity contribution in [1.82, 2.24) is 24.6 Å². The molecule has 1 aliphatic heterocycles. The van der Waals surface area contributed by atoms with Gasteiger partial charge in [-0.3, -0.25) is 14.0 Å². The SMILES string of the molecule is CCN(CC)CCNC(=O)c1c(C)[nH]c(/C=C2\C(=O)Nc3ccc(-c4cnc5ccccn45)cc32)c1C. The second-order valence-electron chi connectivity index (χ2n) is 9.29. The number of benzene rings is 1. The minimum absolute atomic E-state index is 0.103. The number of imidazole rings is 1. The van der Waals surface area contributed by atoms with Gasteiger partial charge in [-0.1, -0.05) is 26.0 Å². The van der Waals surface area contributed by atoms with E-state index in [1.807, 2.05) is 73.1 Å². The van der Waals surface area contributed by atoms with Gasteiger partial charge in [0.25, 0.3) is 11.8 Å². The van der Waals surface area contributed by atoms with Crippen LogP contribution in [0.15, 0.2) is 48.8 Å². The number of aryl methyl sites for hydroxylation is 1. The van der Waals surface area contributed by atoms with Crippen LogP contribution in [0.5, 0.6) is 0 Å². The summed E-state index contributed by atoms with van der Waals surface area (Å²) in [6, 6.07) is 11.8. The van der Waals surface area contributed by atoms with Gasteiger partial charge in [-0.25, -0.2) is 4.98 Å². The third-order valence-electron chi connectivity index (χ3n) is 7.12. The fraction of sp³-hybridized carbons (Fsp3) is 0.276. The third kappa shape index (κ3) is 4.56. The zero-order chi connectivity index (χ0) is 26.1. The molecule has 0 aliphatic carbocycles. The molecule has 0 atom stereocenters. The number of aromatic nitrogens is 3. The van der Waals surface area contributed by atoms with E-state index < -0.39 is 0 Å². The van der Waals surface area contributed by atoms with Crippen LogP contribution in [0.4, 0.5) is 5.69 Å². The van der Waals surface area contributed by atoms with E-state index in [1.54, 1.807) is 0 Å². The van der Waals surface area contributed by atoms with Crippen molar-refractivity contribution >= 4 is 34.8 Å². The van der Waals surface area contributed by atoms with Crippen LogP contribution in [-0.2, 0) is 4.79 Å². The Morgan fingerprint density at radius 2 is 1.97 bits per heavy atom. The molecule has 8 nitrogen and oxygen atoms in total. The van der Waals surface area contributed by atoms with Crippen molar-refractivity contribution in [3.05, 3.63) is 76.9 Å². The number of amides is 2. The fourth-order valence-corrected chi connectivity index (χ4v) is 5.00. The van der Waals surface area contributed by atoms with Gasteiger partial charge in [0.15, 0.2) is 0 Å². The predicted octanol–water partition coefficient (Wildman–Crippen LogP) is 4.51. The monoisotopic (exact) mass is 496 g/mol. The number of nitrogens with zero attached hydrogens (tertiary/aromatic N) is 3. The molecule has 4 aromatic rings. The Kier molecular flexibility index (Phi) is 6.67. The maximum absolute atomic E-state index is 13.0. The summed E-state index contributed by atoms with van der Waals surface area (Å²) in [7, 11) is 0. The van der Waals surface area contributed by atoms with Gasteiger partial charge in [-0.05, 0) is 62.8 Å². The van der Waals surface area contributed by atoms with Crippen molar-refractivity contribution in [2.45, 2.75) is 27.7 Å². The van der Waals surface area contributed by atoms with Crippen molar-refractivity contribution < 1.29 is 9.59 Å². The number of anilines is 1. The number of pyridine rings is 1. The molecule has 5 rings (SSSR count). The van der Waals surface area contributed by atoms with Gasteiger partial charge in [-0.15, -0.1) is 0 Å². The molecule has 0 saturated carbocycles. The number of likely N-dealkylation sites (N-methyl/N-ethyl adjacent to an activating group) is 1. The van der Waals surface area contributed by atoms with E-state index in [2.05, 4.69) is 39.3 Å². The summed E-state index contributed by atoms with van der Waals surface area (Å²) in [4.78, 5) is 36.0. The lowest BCUT2D eigenvalue weighted by atomic mass is 10.0. The Balaban J connectivity index is 1.45. The Bertz CT molecular complexity index is 1520. The van der Waals surface area contributed by atoms with E-state index in [-0.39, 0.29) is 11.8 Å². The Hall–Kier alpha value is -4.17. The number of hydrogen-bond acceptors (Lipinski definition) is 4. The smallest absolute Gasteiger partial charge is 0.256 e. The molecule has 0 unspecified atom stereocenters. The van der Waals surface area contributed by atoms with Crippen LogP contribution in [0, 0.1) is 13.8 Å². The summed E-state index contributed by atoms with van der Waals surface area (Å²) >= 11 is 0. The average molecular weight is 497 g/mol. The highest BCUT2D eigenvalue weighted by Gasteiger charge is 2.26. The van der Waals surface area contributed by atoms with Crippen LogP contribution >= 0.6 is 0 Å². The van der Waals surface area contributed by atoms with E-state index in [9.17, 15) is 9.59 Å². The number of fused-ring (bicyclic) bond motifs is 2. The van der Waals surface area contributed by atoms with Gasteiger partial charge in [0, 0.05) is 47.5 Å². The molecule has 0 radical (unpaired) electrons. The molecule has 0 saturated heterocycles. The summed E-state index contributed by atoms with van der Waals surface area (Å²) in [6.07, 6.45) is 5.66. The third-order valence-corrected chi connectivity index (χ3v) is 7.12. The summed E-state index contributed by atoms with van der Waals surface area (Å²) < 4.78 is 2.03. The molecule has 1 aromatic carbocycles. The van der Waals surface area contributed by atoms with E-state index in [0.717, 1.165) is 64.7 Å². The van der Waals surface area contributed by atoms with Gasteiger partial charge in [0.2, 0.25) is 0 Å². The van der Waals surface area contributed by atoms with E-state index in [0.29, 0.717) is 17.7 Å². The second kappa shape index (κ2) is 10.1. The highest BCUT2D eigenvalue weighted by atomic mass is 16.2. The van der Waals surface area contributed by atoms with Crippen LogP contribution in [0.25, 0.3) is 28.6 Å². The number of aromatic amines is 1. The summed E-state index contributed by atoms with van der Waals surface area (Å²) in [5.74, 6) is -0.267. The van der Waals surface area contributed by atoms with Crippen molar-refractivity contribution in [3.63, 3.8) is 0 Å². The molecule has 0 bridgehead atoms. The number of H-pyrrole nitrogens is 1. The zero-order valence-corrected chi connectivity index (χ0v) is 21.7. The van der Waals surface area contributed by atoms with Crippen molar-refractivity contribution in [2.24, 2.45) is 0 Å². The molecular weight excluding hydrogens is 464 g/mol. The number of hydrogen-bond donors (Lipinski definition) is 3. The lowest BCUT2D eigenvalue weighted by Crippen LogP contribution is -2.35. The van der Waals surface area contributed by atoms with Gasteiger partial charge < -0.3 is 20.5 Å². The normalized spacial score (nSPS) is 14.0. The molecule has 2 amide bonds. The largest absolute Gasteiger partial charge is 0.358 e. The van der Waals surface area contributed by atoms with Crippen LogP contribution in [0.1, 0.15) is 46.7 Å². The topological polar surface area (TPSA) is 94.5 Å². The first-order valence-corrected chi connectivity index (χ1v) is 12.7. The lowest BCUT2D eigenvalue weighted by Gasteiger charge is -2.18. The standard InChI is InChI=1S/C29H32N6O2/c1-5-34(6-2)14-12-30-29(37)27-18(3)24(32-19(27)4)16-22-21-15-20(10-11-23(21)33-28(22)36)25-17-31-26-9-7-8-13-35(25)26/h7-11,13,15-17,32H,5-6,12,14H2,1-4H3,(H,30,37)(H,33,36)/b22-16-. The Morgan fingerprint density at radius 1 is 1.16 bits per heavy atom. The van der Waals surface area contributed by atoms with Gasteiger partial charge >= 0.3 is 0 Å². The molecular formula is C29H32N6O2. The van der Waals surface area contributed by atoms with Crippen molar-refractivity contribution in [1.29, 1.82) is 0 Å². The molecule has 8 heteroatoms. The van der Waals surface area contributed by atoms with E-state index in [1.165, 1.54) is 0 Å². The maximum atomic E-state index is 13.0. The predicted molar refractivity (Wildman–Crippen MR) is 148 cm³/mol. The van der Waals surface area contributed by atoms with Crippen LogP contribution in [-0.4, -0.2) is 57.3 Å². The summed E-state index contributed by atoms with van der Waals surface area (Å²) in [5, 5.41) is 6.00. The van der Waals surface area contributed by atoms with E-state index in [4.69, 9.17) is 0 Å². The van der Waals surface area contributed by atoms with Crippen molar-refractivity contribution in [3.8, 4) is 11.3 Å². The number of nitrogens with one attached hydrogen (secondary N) is 3. The Labute approximate surface area is 216 Å². The first-order valence-electron chi connectivity index (χ1n) is 12.7. The van der Waals surface area contributed by atoms with Gasteiger partial charge in [0.1, 0.15) is 5.65 Å². The zero-order valence-electron chi connectivity index (χ0n) is 21.7. The first kappa shape index (κ1) is 24.5.